The summed E-state index contributed by atoms with van der Waals surface area (Å²) in [5.41, 5.74) is 2.60. The van der Waals surface area contributed by atoms with E-state index < -0.39 is 0 Å². The number of thioether (sulfide) groups is 1. The summed E-state index contributed by atoms with van der Waals surface area (Å²) < 4.78 is 13.5. The second kappa shape index (κ2) is 9.92. The van der Waals surface area contributed by atoms with E-state index in [0.717, 1.165) is 36.1 Å². The van der Waals surface area contributed by atoms with Gasteiger partial charge in [-0.3, -0.25) is 4.79 Å². The number of nitrogens with one attached hydrogen (secondary N) is 1. The highest BCUT2D eigenvalue weighted by molar-refractivity contribution is 7.98. The van der Waals surface area contributed by atoms with E-state index in [9.17, 15) is 9.18 Å². The van der Waals surface area contributed by atoms with Crippen LogP contribution < -0.4 is 10.2 Å². The largest absolute Gasteiger partial charge is 0.352 e. The van der Waals surface area contributed by atoms with E-state index in [-0.39, 0.29) is 17.6 Å². The van der Waals surface area contributed by atoms with Crippen LogP contribution in [0, 0.1) is 11.7 Å². The summed E-state index contributed by atoms with van der Waals surface area (Å²) in [7, 11) is 0. The van der Waals surface area contributed by atoms with Gasteiger partial charge in [-0.15, -0.1) is 11.8 Å². The number of hydrogen-bond acceptors (Lipinski definition) is 5. The second-order valence-corrected chi connectivity index (χ2v) is 8.51. The van der Waals surface area contributed by atoms with Gasteiger partial charge in [-0.25, -0.2) is 14.4 Å². The molecule has 1 fully saturated rings. The van der Waals surface area contributed by atoms with Crippen LogP contribution in [-0.4, -0.2) is 35.2 Å². The summed E-state index contributed by atoms with van der Waals surface area (Å²) in [4.78, 5) is 24.9. The number of hydrogen-bond donors (Lipinski definition) is 1. The normalized spacial score (nSPS) is 16.2. The molecule has 1 atom stereocenters. The van der Waals surface area contributed by atoms with Gasteiger partial charge in [0.05, 0.1) is 5.92 Å². The fourth-order valence-corrected chi connectivity index (χ4v) is 4.16. The molecule has 0 aliphatic carbocycles. The number of benzene rings is 2. The molecule has 2 heterocycles. The van der Waals surface area contributed by atoms with Crippen molar-refractivity contribution in [3.8, 4) is 11.1 Å². The summed E-state index contributed by atoms with van der Waals surface area (Å²) in [5, 5.41) is 3.07. The maximum atomic E-state index is 13.5. The van der Waals surface area contributed by atoms with Gasteiger partial charge in [-0.1, -0.05) is 24.3 Å². The third-order valence-corrected chi connectivity index (χ3v) is 6.24. The molecule has 1 amide bonds. The summed E-state index contributed by atoms with van der Waals surface area (Å²) in [6, 6.07) is 14.6. The number of carbonyl (C=O) groups is 1. The monoisotopic (exact) mass is 436 g/mol. The first-order chi connectivity index (χ1) is 15.1. The summed E-state index contributed by atoms with van der Waals surface area (Å²) in [5.74, 6) is 0.290. The van der Waals surface area contributed by atoms with Crippen molar-refractivity contribution in [1.29, 1.82) is 0 Å². The van der Waals surface area contributed by atoms with Crippen molar-refractivity contribution in [3.05, 3.63) is 72.3 Å². The first-order valence-corrected chi connectivity index (χ1v) is 11.6. The second-order valence-electron chi connectivity index (χ2n) is 7.63. The van der Waals surface area contributed by atoms with Gasteiger partial charge in [0, 0.05) is 42.5 Å². The van der Waals surface area contributed by atoms with E-state index in [1.807, 2.05) is 24.5 Å². The van der Waals surface area contributed by atoms with E-state index in [0.29, 0.717) is 19.0 Å². The van der Waals surface area contributed by atoms with E-state index in [2.05, 4.69) is 32.3 Å². The molecule has 0 spiro atoms. The van der Waals surface area contributed by atoms with Gasteiger partial charge in [-0.05, 0) is 54.5 Å². The zero-order valence-electron chi connectivity index (χ0n) is 17.4. The Kier molecular flexibility index (Phi) is 6.82. The zero-order valence-corrected chi connectivity index (χ0v) is 18.2. The summed E-state index contributed by atoms with van der Waals surface area (Å²) in [6.45, 7) is 1.94. The van der Waals surface area contributed by atoms with Crippen LogP contribution in [0.15, 0.2) is 65.8 Å². The first kappa shape index (κ1) is 21.3. The van der Waals surface area contributed by atoms with Crippen LogP contribution in [0.3, 0.4) is 0 Å². The minimum atomic E-state index is -0.286. The fraction of sp³-hybridized carbons (Fsp3) is 0.292. The minimum absolute atomic E-state index is 0.0648. The smallest absolute Gasteiger partial charge is 0.225 e. The first-order valence-electron chi connectivity index (χ1n) is 10.4. The quantitative estimate of drug-likeness (QED) is 0.575. The lowest BCUT2D eigenvalue weighted by atomic mass is 9.97. The molecular formula is C24H25FN4OS. The van der Waals surface area contributed by atoms with Gasteiger partial charge in [0.15, 0.2) is 0 Å². The number of piperidine rings is 1. The Morgan fingerprint density at radius 2 is 1.94 bits per heavy atom. The van der Waals surface area contributed by atoms with Crippen molar-refractivity contribution in [2.24, 2.45) is 5.92 Å². The minimum Gasteiger partial charge on any atom is -0.352 e. The van der Waals surface area contributed by atoms with Crippen molar-refractivity contribution < 1.29 is 9.18 Å². The molecule has 1 saturated heterocycles. The lowest BCUT2D eigenvalue weighted by Crippen LogP contribution is -2.43. The van der Waals surface area contributed by atoms with Crippen LogP contribution in [0.2, 0.25) is 0 Å². The highest BCUT2D eigenvalue weighted by atomic mass is 32.2. The van der Waals surface area contributed by atoms with Gasteiger partial charge in [0.25, 0.3) is 0 Å². The zero-order chi connectivity index (χ0) is 21.6. The number of rotatable bonds is 6. The Balaban J connectivity index is 1.35. The van der Waals surface area contributed by atoms with E-state index in [4.69, 9.17) is 0 Å². The van der Waals surface area contributed by atoms with Crippen LogP contribution >= 0.6 is 11.8 Å². The molecule has 3 aromatic rings. The molecule has 1 unspecified atom stereocenters. The fourth-order valence-electron chi connectivity index (χ4n) is 3.75. The van der Waals surface area contributed by atoms with E-state index >= 15 is 0 Å². The Hall–Kier alpha value is -2.93. The van der Waals surface area contributed by atoms with Crippen molar-refractivity contribution in [3.63, 3.8) is 0 Å². The van der Waals surface area contributed by atoms with Crippen LogP contribution in [0.5, 0.6) is 0 Å². The third-order valence-electron chi connectivity index (χ3n) is 5.50. The molecule has 0 radical (unpaired) electrons. The number of aromatic nitrogens is 2. The van der Waals surface area contributed by atoms with Crippen molar-refractivity contribution in [1.82, 2.24) is 15.3 Å². The molecule has 0 bridgehead atoms. The van der Waals surface area contributed by atoms with Gasteiger partial charge < -0.3 is 10.2 Å². The van der Waals surface area contributed by atoms with Gasteiger partial charge in [-0.2, -0.15) is 0 Å². The Morgan fingerprint density at radius 3 is 2.65 bits per heavy atom. The Morgan fingerprint density at radius 1 is 1.16 bits per heavy atom. The molecular weight excluding hydrogens is 411 g/mol. The van der Waals surface area contributed by atoms with Crippen molar-refractivity contribution in [2.45, 2.75) is 24.3 Å². The predicted molar refractivity (Wildman–Crippen MR) is 122 cm³/mol. The molecule has 160 valence electrons. The number of amides is 1. The lowest BCUT2D eigenvalue weighted by Gasteiger charge is -2.32. The molecule has 1 aromatic heterocycles. The topological polar surface area (TPSA) is 58.1 Å². The molecule has 1 N–H and O–H groups in total. The third kappa shape index (κ3) is 5.41. The van der Waals surface area contributed by atoms with Gasteiger partial charge in [0.1, 0.15) is 5.82 Å². The average molecular weight is 437 g/mol. The van der Waals surface area contributed by atoms with Crippen LogP contribution in [-0.2, 0) is 11.3 Å². The summed E-state index contributed by atoms with van der Waals surface area (Å²) >= 11 is 1.70. The predicted octanol–water partition coefficient (Wildman–Crippen LogP) is 4.54. The van der Waals surface area contributed by atoms with Gasteiger partial charge >= 0.3 is 0 Å². The number of halogens is 1. The molecule has 0 saturated carbocycles. The molecule has 1 aliphatic rings. The van der Waals surface area contributed by atoms with Gasteiger partial charge in [0.2, 0.25) is 11.9 Å². The molecule has 4 rings (SSSR count). The van der Waals surface area contributed by atoms with Crippen LogP contribution in [0.1, 0.15) is 18.4 Å². The lowest BCUT2D eigenvalue weighted by molar-refractivity contribution is -0.125. The maximum absolute atomic E-state index is 13.5. The molecule has 7 heteroatoms. The standard InChI is InChI=1S/C24H25FN4OS/c1-31-22-9-7-17(8-10-22)13-26-23(30)19-5-3-11-29(16-19)24-27-14-20(15-28-24)18-4-2-6-21(25)12-18/h2,4,6-10,12,14-15,19H,3,5,11,13,16H2,1H3,(H,26,30). The van der Waals surface area contributed by atoms with Crippen LogP contribution in [0.4, 0.5) is 10.3 Å². The van der Waals surface area contributed by atoms with E-state index in [1.54, 1.807) is 30.2 Å². The van der Waals surface area contributed by atoms with Crippen LogP contribution in [0.25, 0.3) is 11.1 Å². The Bertz CT molecular complexity index is 1030. The molecule has 31 heavy (non-hydrogen) atoms. The summed E-state index contributed by atoms with van der Waals surface area (Å²) in [6.07, 6.45) is 7.23. The van der Waals surface area contributed by atoms with Crippen molar-refractivity contribution >= 4 is 23.6 Å². The average Bonchev–Trinajstić information content (AvgIpc) is 2.83. The molecule has 5 nitrogen and oxygen atoms in total. The molecule has 2 aromatic carbocycles. The Labute approximate surface area is 186 Å². The van der Waals surface area contributed by atoms with Crippen molar-refractivity contribution in [2.75, 3.05) is 24.2 Å². The number of anilines is 1. The molecule has 1 aliphatic heterocycles. The highest BCUT2D eigenvalue weighted by Crippen LogP contribution is 2.23. The maximum Gasteiger partial charge on any atom is 0.225 e. The number of nitrogens with zero attached hydrogens (tertiary/aromatic N) is 3. The van der Waals surface area contributed by atoms with E-state index in [1.165, 1.54) is 17.0 Å². The number of carbonyl (C=O) groups excluding carboxylic acids is 1. The SMILES string of the molecule is CSc1ccc(CNC(=O)C2CCCN(c3ncc(-c4cccc(F)c4)cn3)C2)cc1. The highest BCUT2D eigenvalue weighted by Gasteiger charge is 2.27.